The number of fused-ring (bicyclic) bond motifs is 1. The fraction of sp³-hybridized carbons (Fsp3) is 0. The van der Waals surface area contributed by atoms with Gasteiger partial charge in [-0.2, -0.15) is 0 Å². The molecule has 0 spiro atoms. The average molecular weight is 257 g/mol. The van der Waals surface area contributed by atoms with Crippen molar-refractivity contribution in [1.82, 2.24) is 0 Å². The molecule has 0 aromatic heterocycles. The van der Waals surface area contributed by atoms with Gasteiger partial charge >= 0.3 is 0 Å². The number of thioether (sulfide) groups is 1. The van der Waals surface area contributed by atoms with E-state index in [1.165, 1.54) is 23.9 Å². The second kappa shape index (κ2) is 4.38. The van der Waals surface area contributed by atoms with Crippen molar-refractivity contribution in [2.75, 3.05) is 0 Å². The Labute approximate surface area is 107 Å². The van der Waals surface area contributed by atoms with Crippen LogP contribution in [0.25, 0.3) is 4.91 Å². The fourth-order valence-corrected chi connectivity index (χ4v) is 2.68. The number of benzene rings is 2. The first-order chi connectivity index (χ1) is 8.74. The zero-order chi connectivity index (χ0) is 12.5. The monoisotopic (exact) mass is 257 g/mol. The van der Waals surface area contributed by atoms with Gasteiger partial charge in [-0.3, -0.25) is 4.79 Å². The normalized spacial score (nSPS) is 13.4. The Bertz CT molecular complexity index is 737. The minimum Gasteiger partial charge on any atom is -0.266 e. The van der Waals surface area contributed by atoms with E-state index < -0.39 is 0 Å². The third-order valence-corrected chi connectivity index (χ3v) is 3.70. The van der Waals surface area contributed by atoms with Gasteiger partial charge in [-0.25, -0.2) is 9.38 Å². The highest BCUT2D eigenvalue weighted by Gasteiger charge is 2.17. The molecular weight excluding hydrogens is 249 g/mol. The van der Waals surface area contributed by atoms with Gasteiger partial charge in [0.25, 0.3) is 5.91 Å². The van der Waals surface area contributed by atoms with E-state index >= 15 is 0 Å². The van der Waals surface area contributed by atoms with Gasteiger partial charge in [0.05, 0.1) is 10.3 Å². The van der Waals surface area contributed by atoms with Gasteiger partial charge in [-0.15, -0.1) is 0 Å². The zero-order valence-corrected chi connectivity index (χ0v) is 10.1. The lowest BCUT2D eigenvalue weighted by Crippen LogP contribution is -2.21. The maximum atomic E-state index is 12.8. The first-order valence-corrected chi connectivity index (χ1v) is 6.21. The molecule has 18 heavy (non-hydrogen) atoms. The summed E-state index contributed by atoms with van der Waals surface area (Å²) in [6.45, 7) is 0. The summed E-state index contributed by atoms with van der Waals surface area (Å²) in [4.78, 5) is 17.2. The van der Waals surface area contributed by atoms with Crippen LogP contribution in [-0.2, 0) is 4.79 Å². The van der Waals surface area contributed by atoms with Crippen molar-refractivity contribution < 1.29 is 9.18 Å². The highest BCUT2D eigenvalue weighted by Crippen LogP contribution is 2.28. The van der Waals surface area contributed by atoms with Crippen LogP contribution in [0.15, 0.2) is 58.4 Å². The van der Waals surface area contributed by atoms with E-state index in [1.807, 2.05) is 24.3 Å². The smallest absolute Gasteiger partial charge is 0.266 e. The van der Waals surface area contributed by atoms with Gasteiger partial charge in [0.2, 0.25) is 0 Å². The maximum absolute atomic E-state index is 12.8. The highest BCUT2D eigenvalue weighted by molar-refractivity contribution is 8.09. The van der Waals surface area contributed by atoms with Crippen molar-refractivity contribution in [3.63, 3.8) is 0 Å². The Balaban J connectivity index is 2.06. The Morgan fingerprint density at radius 1 is 1.00 bits per heavy atom. The van der Waals surface area contributed by atoms with E-state index in [-0.39, 0.29) is 11.7 Å². The Kier molecular flexibility index (Phi) is 2.72. The molecule has 0 aliphatic carbocycles. The summed E-state index contributed by atoms with van der Waals surface area (Å²) >= 11 is 1.32. The standard InChI is InChI=1S/C14H8FNOS/c15-9-5-7-10(8-6-9)18-13-11-3-1-2-4-12(11)16-14(13)17/h1-8H. The number of amides is 1. The number of nitrogens with zero attached hydrogens (tertiary/aromatic N) is 1. The summed E-state index contributed by atoms with van der Waals surface area (Å²) in [6.07, 6.45) is 0. The van der Waals surface area contributed by atoms with Crippen molar-refractivity contribution in [3.05, 3.63) is 64.9 Å². The number of carbonyl (C=O) groups is 1. The average Bonchev–Trinajstić information content (AvgIpc) is 2.69. The summed E-state index contributed by atoms with van der Waals surface area (Å²) in [7, 11) is 0. The van der Waals surface area contributed by atoms with Crippen LogP contribution in [0.3, 0.4) is 0 Å². The van der Waals surface area contributed by atoms with E-state index in [0.29, 0.717) is 10.3 Å². The van der Waals surface area contributed by atoms with Crippen LogP contribution in [0.2, 0.25) is 0 Å². The number of para-hydroxylation sites is 1. The van der Waals surface area contributed by atoms with Crippen LogP contribution >= 0.6 is 11.8 Å². The van der Waals surface area contributed by atoms with Gasteiger partial charge in [0.1, 0.15) is 5.82 Å². The molecule has 0 N–H and O–H groups in total. The number of hydrogen-bond acceptors (Lipinski definition) is 2. The molecule has 1 amide bonds. The van der Waals surface area contributed by atoms with Gasteiger partial charge < -0.3 is 0 Å². The van der Waals surface area contributed by atoms with Crippen LogP contribution in [-0.4, -0.2) is 5.91 Å². The van der Waals surface area contributed by atoms with Gasteiger partial charge in [0.15, 0.2) is 0 Å². The first-order valence-electron chi connectivity index (χ1n) is 5.40. The topological polar surface area (TPSA) is 29.4 Å². The molecule has 3 rings (SSSR count). The van der Waals surface area contributed by atoms with Crippen LogP contribution in [0.5, 0.6) is 0 Å². The third kappa shape index (κ3) is 1.95. The van der Waals surface area contributed by atoms with Gasteiger partial charge in [-0.1, -0.05) is 30.0 Å². The fourth-order valence-electron chi connectivity index (χ4n) is 1.76. The van der Waals surface area contributed by atoms with Crippen LogP contribution in [0.4, 0.5) is 4.39 Å². The summed E-state index contributed by atoms with van der Waals surface area (Å²) < 4.78 is 12.8. The van der Waals surface area contributed by atoms with Crippen molar-refractivity contribution in [2.45, 2.75) is 4.90 Å². The SMILES string of the molecule is O=C1N=c2ccccc2=C1Sc1ccc(F)cc1. The minimum absolute atomic E-state index is 0.231. The quantitative estimate of drug-likeness (QED) is 0.822. The second-order valence-corrected chi connectivity index (χ2v) is 4.90. The Morgan fingerprint density at radius 3 is 2.50 bits per heavy atom. The maximum Gasteiger partial charge on any atom is 0.285 e. The van der Waals surface area contributed by atoms with E-state index in [0.717, 1.165) is 10.1 Å². The lowest BCUT2D eigenvalue weighted by molar-refractivity contribution is -0.112. The zero-order valence-electron chi connectivity index (χ0n) is 9.26. The highest BCUT2D eigenvalue weighted by atomic mass is 32.2. The second-order valence-electron chi connectivity index (χ2n) is 3.82. The van der Waals surface area contributed by atoms with Crippen molar-refractivity contribution in [3.8, 4) is 0 Å². The first kappa shape index (κ1) is 11.2. The minimum atomic E-state index is -0.285. The molecule has 0 fully saturated rings. The molecule has 2 nitrogen and oxygen atoms in total. The molecule has 88 valence electrons. The summed E-state index contributed by atoms with van der Waals surface area (Å²) in [5.74, 6) is -0.516. The predicted molar refractivity (Wildman–Crippen MR) is 67.9 cm³/mol. The number of halogens is 1. The van der Waals surface area contributed by atoms with Crippen molar-refractivity contribution >= 4 is 22.6 Å². The summed E-state index contributed by atoms with van der Waals surface area (Å²) in [6, 6.07) is 13.5. The molecular formula is C14H8FNOS. The molecule has 1 aliphatic rings. The van der Waals surface area contributed by atoms with Crippen LogP contribution in [0, 0.1) is 5.82 Å². The van der Waals surface area contributed by atoms with Crippen LogP contribution < -0.4 is 10.6 Å². The molecule has 2 aromatic carbocycles. The van der Waals surface area contributed by atoms with E-state index in [2.05, 4.69) is 4.99 Å². The molecule has 1 aliphatic heterocycles. The molecule has 0 bridgehead atoms. The lowest BCUT2D eigenvalue weighted by atomic mass is 10.3. The Morgan fingerprint density at radius 2 is 1.72 bits per heavy atom. The van der Waals surface area contributed by atoms with E-state index in [4.69, 9.17) is 0 Å². The summed E-state index contributed by atoms with van der Waals surface area (Å²) in [5.41, 5.74) is 0. The summed E-state index contributed by atoms with van der Waals surface area (Å²) in [5, 5.41) is 1.55. The molecule has 0 radical (unpaired) electrons. The molecule has 1 heterocycles. The Hall–Kier alpha value is -1.94. The number of hydrogen-bond donors (Lipinski definition) is 0. The lowest BCUT2D eigenvalue weighted by Gasteiger charge is -2.00. The van der Waals surface area contributed by atoms with Gasteiger partial charge in [-0.05, 0) is 30.3 Å². The largest absolute Gasteiger partial charge is 0.285 e. The van der Waals surface area contributed by atoms with E-state index in [9.17, 15) is 9.18 Å². The van der Waals surface area contributed by atoms with Crippen molar-refractivity contribution in [1.29, 1.82) is 0 Å². The molecule has 4 heteroatoms. The predicted octanol–water partition coefficient (Wildman–Crippen LogP) is 1.89. The number of rotatable bonds is 2. The molecule has 2 aromatic rings. The van der Waals surface area contributed by atoms with Gasteiger partial charge in [0, 0.05) is 10.1 Å². The number of carbonyl (C=O) groups excluding carboxylic acids is 1. The molecule has 0 saturated carbocycles. The molecule has 0 unspecified atom stereocenters. The third-order valence-electron chi connectivity index (χ3n) is 2.60. The van der Waals surface area contributed by atoms with Crippen molar-refractivity contribution in [2.24, 2.45) is 4.99 Å². The molecule has 0 atom stereocenters. The van der Waals surface area contributed by atoms with E-state index in [1.54, 1.807) is 12.1 Å². The molecule has 0 saturated heterocycles. The van der Waals surface area contributed by atoms with Crippen LogP contribution in [0.1, 0.15) is 0 Å².